The van der Waals surface area contributed by atoms with Crippen molar-refractivity contribution in [3.63, 3.8) is 0 Å². The largest absolute Gasteiger partial charge is 0.326 e. The molecule has 8 heteroatoms. The molecule has 0 spiro atoms. The first-order chi connectivity index (χ1) is 19.1. The van der Waals surface area contributed by atoms with Crippen LogP contribution in [-0.2, 0) is 13.0 Å². The second-order valence-electron chi connectivity index (χ2n) is 10.5. The van der Waals surface area contributed by atoms with E-state index in [1.807, 2.05) is 37.4 Å². The van der Waals surface area contributed by atoms with Gasteiger partial charge in [-0.3, -0.25) is 9.59 Å². The fourth-order valence-corrected chi connectivity index (χ4v) is 5.94. The van der Waals surface area contributed by atoms with E-state index < -0.39 is 0 Å². The number of carbonyl (C=O) groups excluding carboxylic acids is 1. The Labute approximate surface area is 236 Å². The lowest BCUT2D eigenvalue weighted by Gasteiger charge is -2.27. The van der Waals surface area contributed by atoms with Gasteiger partial charge in [-0.15, -0.1) is 0 Å². The Balaban J connectivity index is 1.24. The van der Waals surface area contributed by atoms with Gasteiger partial charge >= 0.3 is 0 Å². The molecule has 0 saturated carbocycles. The van der Waals surface area contributed by atoms with Gasteiger partial charge in [0.05, 0.1) is 0 Å². The van der Waals surface area contributed by atoms with Crippen molar-refractivity contribution in [3.8, 4) is 0 Å². The van der Waals surface area contributed by atoms with Gasteiger partial charge in [-0.1, -0.05) is 67.3 Å². The van der Waals surface area contributed by atoms with Crippen molar-refractivity contribution in [2.24, 2.45) is 0 Å². The second-order valence-corrected chi connectivity index (χ2v) is 11.6. The predicted octanol–water partition coefficient (Wildman–Crippen LogP) is 5.73. The van der Waals surface area contributed by atoms with E-state index in [2.05, 4.69) is 24.4 Å². The summed E-state index contributed by atoms with van der Waals surface area (Å²) in [6, 6.07) is 7.85. The molecular weight excluding hydrogens is 506 g/mol. The van der Waals surface area contributed by atoms with Gasteiger partial charge < -0.3 is 9.47 Å². The molecule has 2 aromatic heterocycles. The van der Waals surface area contributed by atoms with Crippen LogP contribution in [0.3, 0.4) is 0 Å². The highest BCUT2D eigenvalue weighted by atomic mass is 32.2. The van der Waals surface area contributed by atoms with Crippen LogP contribution in [0.5, 0.6) is 0 Å². The van der Waals surface area contributed by atoms with E-state index in [-0.39, 0.29) is 11.3 Å². The van der Waals surface area contributed by atoms with Gasteiger partial charge in [0.25, 0.3) is 5.56 Å². The number of piperidine rings is 1. The number of rotatable bonds is 15. The number of ketones is 1. The molecule has 0 unspecified atom stereocenters. The lowest BCUT2D eigenvalue weighted by molar-refractivity contribution is 0.0979. The zero-order valence-corrected chi connectivity index (χ0v) is 24.0. The molecule has 0 N–H and O–H groups in total. The summed E-state index contributed by atoms with van der Waals surface area (Å²) in [6.07, 6.45) is 17.3. The van der Waals surface area contributed by atoms with Crippen LogP contribution in [0.25, 0.3) is 0 Å². The van der Waals surface area contributed by atoms with Crippen LogP contribution in [0, 0.1) is 6.92 Å². The number of likely N-dealkylation sites (tertiary alicyclic amines) is 1. The van der Waals surface area contributed by atoms with Crippen molar-refractivity contribution >= 4 is 17.5 Å². The molecule has 4 rings (SSSR count). The number of nitrogens with zero attached hydrogens (tertiary/aromatic N) is 5. The third kappa shape index (κ3) is 9.69. The van der Waals surface area contributed by atoms with Crippen LogP contribution in [-0.4, -0.2) is 55.6 Å². The molecule has 3 heterocycles. The van der Waals surface area contributed by atoms with Crippen LogP contribution in [0.1, 0.15) is 84.8 Å². The molecule has 0 aliphatic carbocycles. The first kappa shape index (κ1) is 29.2. The number of hydrogen-bond donors (Lipinski definition) is 0. The Morgan fingerprint density at radius 1 is 0.923 bits per heavy atom. The number of carbonyl (C=O) groups is 1. The smallest absolute Gasteiger partial charge is 0.277 e. The lowest BCUT2D eigenvalue weighted by Crippen LogP contribution is -2.33. The van der Waals surface area contributed by atoms with Crippen molar-refractivity contribution in [1.82, 2.24) is 24.4 Å². The molecular formula is C31H41N5O2S. The summed E-state index contributed by atoms with van der Waals surface area (Å²) in [5.41, 5.74) is 3.44. The number of benzene rings is 1. The molecule has 1 aliphatic heterocycles. The molecule has 39 heavy (non-hydrogen) atoms. The molecule has 0 amide bonds. The minimum Gasteiger partial charge on any atom is -0.326 e. The third-order valence-corrected chi connectivity index (χ3v) is 8.37. The molecule has 1 fully saturated rings. The van der Waals surface area contributed by atoms with E-state index in [9.17, 15) is 9.59 Å². The Bertz CT molecular complexity index is 1220. The molecule has 208 valence electrons. The van der Waals surface area contributed by atoms with Crippen LogP contribution >= 0.6 is 11.8 Å². The second kappa shape index (κ2) is 15.7. The van der Waals surface area contributed by atoms with Gasteiger partial charge in [-0.2, -0.15) is 4.98 Å². The average molecular weight is 548 g/mol. The molecule has 0 radical (unpaired) electrons. The Hall–Kier alpha value is -2.84. The van der Waals surface area contributed by atoms with Crippen molar-refractivity contribution in [2.75, 3.05) is 25.4 Å². The molecule has 0 bridgehead atoms. The zero-order chi connectivity index (χ0) is 27.3. The maximum atomic E-state index is 12.9. The van der Waals surface area contributed by atoms with Gasteiger partial charge in [0.15, 0.2) is 10.9 Å². The molecule has 1 aliphatic rings. The average Bonchev–Trinajstić information content (AvgIpc) is 2.96. The third-order valence-electron chi connectivity index (χ3n) is 7.30. The van der Waals surface area contributed by atoms with Gasteiger partial charge in [0.1, 0.15) is 6.33 Å². The van der Waals surface area contributed by atoms with E-state index in [1.165, 1.54) is 31.2 Å². The van der Waals surface area contributed by atoms with E-state index in [0.29, 0.717) is 18.4 Å². The van der Waals surface area contributed by atoms with Crippen molar-refractivity contribution in [3.05, 3.63) is 81.8 Å². The number of thioether (sulfide) groups is 1. The standard InChI is InChI=1S/C31H41N5O2S/c1-25-11-13-27(14-12-25)29(37)10-6-3-2-4-9-19-39-31-34-30(38)28(20-26-21-32-24-33-22-26)23-36(31)18-17-35-15-7-5-8-16-35/h11-14,21-24H,2-10,15-20H2,1H3. The predicted molar refractivity (Wildman–Crippen MR) is 158 cm³/mol. The normalized spacial score (nSPS) is 14.0. The number of hydrogen-bond acceptors (Lipinski definition) is 7. The monoisotopic (exact) mass is 547 g/mol. The highest BCUT2D eigenvalue weighted by molar-refractivity contribution is 7.99. The lowest BCUT2D eigenvalue weighted by atomic mass is 10.0. The molecule has 7 nitrogen and oxygen atoms in total. The maximum Gasteiger partial charge on any atom is 0.277 e. The zero-order valence-electron chi connectivity index (χ0n) is 23.2. The van der Waals surface area contributed by atoms with E-state index in [1.54, 1.807) is 24.2 Å². The highest BCUT2D eigenvalue weighted by Crippen LogP contribution is 2.19. The van der Waals surface area contributed by atoms with Crippen LogP contribution in [0.2, 0.25) is 0 Å². The van der Waals surface area contributed by atoms with Gasteiger partial charge in [0, 0.05) is 61.4 Å². The summed E-state index contributed by atoms with van der Waals surface area (Å²) >= 11 is 1.68. The van der Waals surface area contributed by atoms with Gasteiger partial charge in [-0.25, -0.2) is 9.97 Å². The first-order valence-corrected chi connectivity index (χ1v) is 15.4. The topological polar surface area (TPSA) is 81.0 Å². The van der Waals surface area contributed by atoms with E-state index in [4.69, 9.17) is 0 Å². The summed E-state index contributed by atoms with van der Waals surface area (Å²) in [7, 11) is 0. The van der Waals surface area contributed by atoms with E-state index >= 15 is 0 Å². The van der Waals surface area contributed by atoms with Crippen molar-refractivity contribution < 1.29 is 4.79 Å². The first-order valence-electron chi connectivity index (χ1n) is 14.4. The summed E-state index contributed by atoms with van der Waals surface area (Å²) in [4.78, 5) is 40.4. The Kier molecular flexibility index (Phi) is 11.7. The van der Waals surface area contributed by atoms with Crippen LogP contribution in [0.15, 0.2) is 59.1 Å². The SMILES string of the molecule is Cc1ccc(C(=O)CCCCCCCSc2nc(=O)c(Cc3cncnc3)cn2CCN2CCCCC2)cc1. The number of unbranched alkanes of at least 4 members (excludes halogenated alkanes) is 4. The van der Waals surface area contributed by atoms with Crippen LogP contribution < -0.4 is 5.56 Å². The molecule has 1 aromatic carbocycles. The summed E-state index contributed by atoms with van der Waals surface area (Å²) in [5.74, 6) is 1.17. The Morgan fingerprint density at radius 2 is 1.64 bits per heavy atom. The maximum absolute atomic E-state index is 12.9. The molecule has 0 atom stereocenters. The summed E-state index contributed by atoms with van der Waals surface area (Å²) in [6.45, 7) is 6.16. The minimum absolute atomic E-state index is 0.159. The van der Waals surface area contributed by atoms with E-state index in [0.717, 1.165) is 80.3 Å². The summed E-state index contributed by atoms with van der Waals surface area (Å²) < 4.78 is 2.18. The van der Waals surface area contributed by atoms with Gasteiger partial charge in [0.2, 0.25) is 0 Å². The van der Waals surface area contributed by atoms with Gasteiger partial charge in [-0.05, 0) is 51.3 Å². The number of aryl methyl sites for hydroxylation is 1. The van der Waals surface area contributed by atoms with Crippen LogP contribution in [0.4, 0.5) is 0 Å². The molecule has 3 aromatic rings. The minimum atomic E-state index is -0.159. The Morgan fingerprint density at radius 3 is 2.41 bits per heavy atom. The number of aromatic nitrogens is 4. The summed E-state index contributed by atoms with van der Waals surface area (Å²) in [5, 5.41) is 0.814. The van der Waals surface area contributed by atoms with Crippen molar-refractivity contribution in [2.45, 2.75) is 82.8 Å². The highest BCUT2D eigenvalue weighted by Gasteiger charge is 2.14. The molecule has 1 saturated heterocycles. The van der Waals surface area contributed by atoms with Crippen molar-refractivity contribution in [1.29, 1.82) is 0 Å². The fourth-order valence-electron chi connectivity index (χ4n) is 4.96. The number of Topliss-reactive ketones (excluding diaryl/α,β-unsaturated/α-hetero) is 1. The quantitative estimate of drug-likeness (QED) is 0.104. The fraction of sp³-hybridized carbons (Fsp3) is 0.516.